The van der Waals surface area contributed by atoms with E-state index in [1.807, 2.05) is 57.7 Å². The lowest BCUT2D eigenvalue weighted by Crippen LogP contribution is -2.21. The van der Waals surface area contributed by atoms with Crippen molar-refractivity contribution in [2.24, 2.45) is 7.05 Å². The van der Waals surface area contributed by atoms with E-state index in [1.54, 1.807) is 4.68 Å². The van der Waals surface area contributed by atoms with Crippen molar-refractivity contribution in [2.45, 2.75) is 19.9 Å². The second-order valence-electron chi connectivity index (χ2n) is 5.30. The van der Waals surface area contributed by atoms with E-state index in [9.17, 15) is 4.79 Å². The molecule has 106 valence electrons. The van der Waals surface area contributed by atoms with Crippen molar-refractivity contribution in [3.05, 3.63) is 53.3 Å². The molecule has 4 nitrogen and oxygen atoms in total. The highest BCUT2D eigenvalue weighted by atomic mass is 16.1. The molecule has 0 radical (unpaired) electrons. The van der Waals surface area contributed by atoms with Gasteiger partial charge in [-0.3, -0.25) is 9.48 Å². The van der Waals surface area contributed by atoms with Crippen molar-refractivity contribution in [1.82, 2.24) is 14.7 Å². The Morgan fingerprint density at radius 1 is 1.30 bits per heavy atom. The van der Waals surface area contributed by atoms with Crippen molar-refractivity contribution >= 4 is 5.78 Å². The highest BCUT2D eigenvalue weighted by molar-refractivity contribution is 5.96. The Bertz CT molecular complexity index is 572. The Hall–Kier alpha value is -1.94. The molecule has 0 amide bonds. The lowest BCUT2D eigenvalue weighted by molar-refractivity contribution is 0.0968. The Balaban J connectivity index is 1.82. The van der Waals surface area contributed by atoms with Crippen molar-refractivity contribution < 1.29 is 4.79 Å². The molecule has 0 unspecified atom stereocenters. The van der Waals surface area contributed by atoms with Crippen LogP contribution in [0, 0.1) is 6.92 Å². The Morgan fingerprint density at radius 2 is 2.00 bits per heavy atom. The first-order valence-corrected chi connectivity index (χ1v) is 6.80. The summed E-state index contributed by atoms with van der Waals surface area (Å²) in [6.45, 7) is 3.59. The topological polar surface area (TPSA) is 38.1 Å². The highest BCUT2D eigenvalue weighted by Crippen LogP contribution is 2.08. The third-order valence-electron chi connectivity index (χ3n) is 3.30. The number of benzene rings is 1. The van der Waals surface area contributed by atoms with Gasteiger partial charge in [-0.1, -0.05) is 29.8 Å². The summed E-state index contributed by atoms with van der Waals surface area (Å²) in [6.07, 6.45) is 4.40. The van der Waals surface area contributed by atoms with Crippen LogP contribution in [0.25, 0.3) is 0 Å². The van der Waals surface area contributed by atoms with E-state index in [-0.39, 0.29) is 5.78 Å². The zero-order chi connectivity index (χ0) is 14.5. The molecule has 0 aliphatic carbocycles. The number of aryl methyl sites for hydroxylation is 2. The van der Waals surface area contributed by atoms with Gasteiger partial charge in [0.25, 0.3) is 0 Å². The molecule has 0 saturated carbocycles. The molecule has 0 spiro atoms. The summed E-state index contributed by atoms with van der Waals surface area (Å²) in [7, 11) is 3.93. The number of carbonyl (C=O) groups is 1. The summed E-state index contributed by atoms with van der Waals surface area (Å²) in [4.78, 5) is 14.2. The minimum absolute atomic E-state index is 0.197. The van der Waals surface area contributed by atoms with Gasteiger partial charge in [0.2, 0.25) is 0 Å². The molecule has 0 N–H and O–H groups in total. The smallest absolute Gasteiger partial charge is 0.164 e. The number of hydrogen-bond acceptors (Lipinski definition) is 3. The summed E-state index contributed by atoms with van der Waals surface area (Å²) < 4.78 is 1.79. The van der Waals surface area contributed by atoms with Gasteiger partial charge in [0, 0.05) is 43.9 Å². The van der Waals surface area contributed by atoms with Gasteiger partial charge < -0.3 is 4.90 Å². The Labute approximate surface area is 120 Å². The number of hydrogen-bond donors (Lipinski definition) is 0. The molecule has 4 heteroatoms. The molecule has 1 aromatic heterocycles. The van der Waals surface area contributed by atoms with E-state index >= 15 is 0 Å². The van der Waals surface area contributed by atoms with Gasteiger partial charge in [-0.25, -0.2) is 0 Å². The van der Waals surface area contributed by atoms with Gasteiger partial charge in [0.15, 0.2) is 5.78 Å². The first-order valence-electron chi connectivity index (χ1n) is 6.80. The van der Waals surface area contributed by atoms with Crippen LogP contribution in [0.5, 0.6) is 0 Å². The fraction of sp³-hybridized carbons (Fsp3) is 0.375. The van der Waals surface area contributed by atoms with Crippen molar-refractivity contribution in [2.75, 3.05) is 13.6 Å². The molecule has 2 rings (SSSR count). The molecule has 0 fully saturated rings. The zero-order valence-corrected chi connectivity index (χ0v) is 12.3. The molecule has 0 saturated heterocycles. The van der Waals surface area contributed by atoms with Crippen LogP contribution >= 0.6 is 0 Å². The van der Waals surface area contributed by atoms with E-state index in [2.05, 4.69) is 10.00 Å². The minimum atomic E-state index is 0.197. The minimum Gasteiger partial charge on any atom is -0.302 e. The van der Waals surface area contributed by atoms with Crippen LogP contribution in [0.15, 0.2) is 36.7 Å². The second-order valence-corrected chi connectivity index (χ2v) is 5.30. The third-order valence-corrected chi connectivity index (χ3v) is 3.30. The second kappa shape index (κ2) is 6.48. The van der Waals surface area contributed by atoms with Crippen LogP contribution in [0.1, 0.15) is 27.9 Å². The molecule has 0 bridgehead atoms. The van der Waals surface area contributed by atoms with Crippen LogP contribution < -0.4 is 0 Å². The van der Waals surface area contributed by atoms with Crippen molar-refractivity contribution in [1.29, 1.82) is 0 Å². The van der Waals surface area contributed by atoms with Crippen molar-refractivity contribution in [3.8, 4) is 0 Å². The summed E-state index contributed by atoms with van der Waals surface area (Å²) in [5, 5.41) is 4.14. The summed E-state index contributed by atoms with van der Waals surface area (Å²) in [6, 6.07) is 7.76. The molecule has 0 atom stereocenters. The maximum atomic E-state index is 12.1. The number of rotatable bonds is 6. The van der Waals surface area contributed by atoms with Crippen molar-refractivity contribution in [3.63, 3.8) is 0 Å². The van der Waals surface area contributed by atoms with E-state index in [0.717, 1.165) is 24.2 Å². The summed E-state index contributed by atoms with van der Waals surface area (Å²) in [5.74, 6) is 0.197. The van der Waals surface area contributed by atoms with Gasteiger partial charge in [0.05, 0.1) is 6.20 Å². The van der Waals surface area contributed by atoms with Crippen LogP contribution in [0.2, 0.25) is 0 Å². The van der Waals surface area contributed by atoms with Gasteiger partial charge in [-0.05, 0) is 14.0 Å². The predicted molar refractivity (Wildman–Crippen MR) is 79.7 cm³/mol. The molecule has 20 heavy (non-hydrogen) atoms. The quantitative estimate of drug-likeness (QED) is 0.757. The first kappa shape index (κ1) is 14.5. The number of ketones is 1. The van der Waals surface area contributed by atoms with Gasteiger partial charge >= 0.3 is 0 Å². The molecular formula is C16H21N3O. The van der Waals surface area contributed by atoms with Crippen LogP contribution in [0.4, 0.5) is 0 Å². The number of carbonyl (C=O) groups excluding carboxylic acids is 1. The fourth-order valence-corrected chi connectivity index (χ4v) is 2.12. The average Bonchev–Trinajstić information content (AvgIpc) is 2.82. The molecule has 1 heterocycles. The monoisotopic (exact) mass is 271 g/mol. The maximum absolute atomic E-state index is 12.1. The summed E-state index contributed by atoms with van der Waals surface area (Å²) in [5.41, 5.74) is 3.14. The maximum Gasteiger partial charge on any atom is 0.164 e. The zero-order valence-electron chi connectivity index (χ0n) is 12.3. The highest BCUT2D eigenvalue weighted by Gasteiger charge is 2.08. The molecule has 0 aliphatic rings. The lowest BCUT2D eigenvalue weighted by Gasteiger charge is -2.14. The predicted octanol–water partition coefficient (Wildman–Crippen LogP) is 2.43. The SMILES string of the molecule is Cc1ccc(C(=O)CCN(C)Cc2cnn(C)c2)cc1. The fourth-order valence-electron chi connectivity index (χ4n) is 2.12. The molecule has 0 aliphatic heterocycles. The third kappa shape index (κ3) is 4.03. The first-order chi connectivity index (χ1) is 9.54. The number of Topliss-reactive ketones (excluding diaryl/α,β-unsaturated/α-hetero) is 1. The van der Waals surface area contributed by atoms with E-state index < -0.39 is 0 Å². The molecule has 2 aromatic rings. The van der Waals surface area contributed by atoms with Gasteiger partial charge in [-0.15, -0.1) is 0 Å². The molecule has 1 aromatic carbocycles. The standard InChI is InChI=1S/C16H21N3O/c1-13-4-6-15(7-5-13)16(20)8-9-18(2)11-14-10-17-19(3)12-14/h4-7,10,12H,8-9,11H2,1-3H3. The van der Waals surface area contributed by atoms with Crippen LogP contribution in [-0.4, -0.2) is 34.1 Å². The average molecular weight is 271 g/mol. The van der Waals surface area contributed by atoms with E-state index in [0.29, 0.717) is 6.42 Å². The lowest BCUT2D eigenvalue weighted by atomic mass is 10.1. The molecular weight excluding hydrogens is 250 g/mol. The Kier molecular flexibility index (Phi) is 4.69. The normalized spacial score (nSPS) is 11.0. The van der Waals surface area contributed by atoms with Gasteiger partial charge in [-0.2, -0.15) is 5.10 Å². The van der Waals surface area contributed by atoms with Gasteiger partial charge in [0.1, 0.15) is 0 Å². The number of nitrogens with zero attached hydrogens (tertiary/aromatic N) is 3. The van der Waals surface area contributed by atoms with Crippen LogP contribution in [-0.2, 0) is 13.6 Å². The van der Waals surface area contributed by atoms with E-state index in [4.69, 9.17) is 0 Å². The number of aromatic nitrogens is 2. The van der Waals surface area contributed by atoms with E-state index in [1.165, 1.54) is 5.56 Å². The summed E-state index contributed by atoms with van der Waals surface area (Å²) >= 11 is 0. The van der Waals surface area contributed by atoms with Crippen LogP contribution in [0.3, 0.4) is 0 Å². The largest absolute Gasteiger partial charge is 0.302 e. The Morgan fingerprint density at radius 3 is 2.60 bits per heavy atom.